The van der Waals surface area contributed by atoms with E-state index in [1.54, 1.807) is 0 Å². The number of carbonyl (C=O) groups is 1. The summed E-state index contributed by atoms with van der Waals surface area (Å²) in [5.74, 6) is 0.815. The zero-order valence-corrected chi connectivity index (χ0v) is 13.3. The summed E-state index contributed by atoms with van der Waals surface area (Å²) in [6.45, 7) is 2.29. The van der Waals surface area contributed by atoms with Gasteiger partial charge in [-0.25, -0.2) is 0 Å². The van der Waals surface area contributed by atoms with Gasteiger partial charge in [-0.05, 0) is 56.6 Å². The van der Waals surface area contributed by atoms with Gasteiger partial charge in [-0.15, -0.1) is 0 Å². The van der Waals surface area contributed by atoms with Crippen molar-refractivity contribution in [3.8, 4) is 0 Å². The van der Waals surface area contributed by atoms with E-state index in [-0.39, 0.29) is 5.91 Å². The average molecular weight is 297 g/mol. The Morgan fingerprint density at radius 3 is 3.05 bits per heavy atom. The van der Waals surface area contributed by atoms with Crippen LogP contribution in [0.15, 0.2) is 36.5 Å². The van der Waals surface area contributed by atoms with Crippen LogP contribution in [-0.2, 0) is 11.2 Å². The molecule has 116 valence electrons. The Balaban J connectivity index is 1.62. The summed E-state index contributed by atoms with van der Waals surface area (Å²) in [7, 11) is 3.88. The molecule has 0 radical (unpaired) electrons. The van der Waals surface area contributed by atoms with E-state index in [2.05, 4.69) is 29.2 Å². The summed E-state index contributed by atoms with van der Waals surface area (Å²) in [6, 6.07) is 10.6. The highest BCUT2D eigenvalue weighted by Gasteiger charge is 2.26. The topological polar surface area (TPSA) is 36.4 Å². The van der Waals surface area contributed by atoms with E-state index in [4.69, 9.17) is 0 Å². The molecule has 1 aromatic heterocycles. The second-order valence-electron chi connectivity index (χ2n) is 6.47. The van der Waals surface area contributed by atoms with Crippen LogP contribution in [0, 0.1) is 5.92 Å². The largest absolute Gasteiger partial charge is 0.341 e. The summed E-state index contributed by atoms with van der Waals surface area (Å²) in [5.41, 5.74) is 2.38. The standard InChI is InChI=1S/C18H23N3O/c1-20(2)13-18(22)21-9-7-15(12-21)10-14-5-6-17-16(11-14)4-3-8-19-17/h3-6,8,11,15H,7,9-10,12-13H2,1-2H3. The third-order valence-corrected chi connectivity index (χ3v) is 4.28. The Bertz CT molecular complexity index is 668. The van der Waals surface area contributed by atoms with Crippen LogP contribution < -0.4 is 0 Å². The minimum atomic E-state index is 0.246. The predicted octanol–water partition coefficient (Wildman–Crippen LogP) is 2.19. The number of likely N-dealkylation sites (N-methyl/N-ethyl adjacent to an activating group) is 1. The fourth-order valence-corrected chi connectivity index (χ4v) is 3.18. The second kappa shape index (κ2) is 6.44. The van der Waals surface area contributed by atoms with Crippen molar-refractivity contribution in [1.29, 1.82) is 0 Å². The number of hydrogen-bond acceptors (Lipinski definition) is 3. The zero-order chi connectivity index (χ0) is 15.5. The van der Waals surface area contributed by atoms with Gasteiger partial charge in [0, 0.05) is 24.7 Å². The van der Waals surface area contributed by atoms with Crippen LogP contribution in [0.5, 0.6) is 0 Å². The van der Waals surface area contributed by atoms with Gasteiger partial charge in [0.25, 0.3) is 0 Å². The molecule has 2 aromatic rings. The molecule has 0 spiro atoms. The van der Waals surface area contributed by atoms with E-state index in [0.717, 1.165) is 31.4 Å². The fraction of sp³-hybridized carbons (Fsp3) is 0.444. The Hall–Kier alpha value is -1.94. The van der Waals surface area contributed by atoms with Gasteiger partial charge in [0.15, 0.2) is 0 Å². The molecule has 4 nitrogen and oxygen atoms in total. The molecule has 1 fully saturated rings. The van der Waals surface area contributed by atoms with Gasteiger partial charge < -0.3 is 9.80 Å². The van der Waals surface area contributed by atoms with Crippen LogP contribution in [-0.4, -0.2) is 54.4 Å². The van der Waals surface area contributed by atoms with Gasteiger partial charge in [-0.1, -0.05) is 12.1 Å². The lowest BCUT2D eigenvalue weighted by molar-refractivity contribution is -0.130. The first kappa shape index (κ1) is 15.0. The lowest BCUT2D eigenvalue weighted by Gasteiger charge is -2.19. The number of aromatic nitrogens is 1. The zero-order valence-electron chi connectivity index (χ0n) is 13.3. The van der Waals surface area contributed by atoms with Crippen molar-refractivity contribution in [1.82, 2.24) is 14.8 Å². The number of nitrogens with zero attached hydrogens (tertiary/aromatic N) is 3. The molecule has 0 aliphatic carbocycles. The molecule has 4 heteroatoms. The number of hydrogen-bond donors (Lipinski definition) is 0. The van der Waals surface area contributed by atoms with Crippen LogP contribution in [0.2, 0.25) is 0 Å². The summed E-state index contributed by atoms with van der Waals surface area (Å²) < 4.78 is 0. The molecule has 2 heterocycles. The van der Waals surface area contributed by atoms with E-state index in [0.29, 0.717) is 12.5 Å². The fourth-order valence-electron chi connectivity index (χ4n) is 3.18. The number of rotatable bonds is 4. The van der Waals surface area contributed by atoms with Gasteiger partial charge in [0.05, 0.1) is 12.1 Å². The maximum Gasteiger partial charge on any atom is 0.236 e. The molecule has 1 atom stereocenters. The van der Waals surface area contributed by atoms with Gasteiger partial charge in [-0.3, -0.25) is 9.78 Å². The molecule has 1 unspecified atom stereocenters. The number of fused-ring (bicyclic) bond motifs is 1. The van der Waals surface area contributed by atoms with Crippen molar-refractivity contribution >= 4 is 16.8 Å². The van der Waals surface area contributed by atoms with Gasteiger partial charge >= 0.3 is 0 Å². The SMILES string of the molecule is CN(C)CC(=O)N1CCC(Cc2ccc3ncccc3c2)C1. The number of benzene rings is 1. The lowest BCUT2D eigenvalue weighted by Crippen LogP contribution is -2.36. The van der Waals surface area contributed by atoms with Crippen LogP contribution in [0.3, 0.4) is 0 Å². The molecule has 1 aliphatic heterocycles. The number of amides is 1. The molecular formula is C18H23N3O. The lowest BCUT2D eigenvalue weighted by atomic mass is 9.97. The quantitative estimate of drug-likeness (QED) is 0.868. The normalized spacial score (nSPS) is 18.3. The van der Waals surface area contributed by atoms with Crippen molar-refractivity contribution in [2.24, 2.45) is 5.92 Å². The Labute approximate surface area is 131 Å². The van der Waals surface area contributed by atoms with E-state index in [1.165, 1.54) is 10.9 Å². The first-order valence-electron chi connectivity index (χ1n) is 7.88. The highest BCUT2D eigenvalue weighted by molar-refractivity contribution is 5.79. The molecule has 3 rings (SSSR count). The summed E-state index contributed by atoms with van der Waals surface area (Å²) >= 11 is 0. The third-order valence-electron chi connectivity index (χ3n) is 4.28. The van der Waals surface area contributed by atoms with Gasteiger partial charge in [0.2, 0.25) is 5.91 Å². The predicted molar refractivity (Wildman–Crippen MR) is 88.7 cm³/mol. The van der Waals surface area contributed by atoms with E-state index < -0.39 is 0 Å². The molecule has 1 amide bonds. The molecule has 0 saturated carbocycles. The number of carbonyl (C=O) groups excluding carboxylic acids is 1. The summed E-state index contributed by atoms with van der Waals surface area (Å²) in [4.78, 5) is 20.4. The van der Waals surface area contributed by atoms with Crippen molar-refractivity contribution < 1.29 is 4.79 Å². The Kier molecular flexibility index (Phi) is 4.39. The Morgan fingerprint density at radius 2 is 2.23 bits per heavy atom. The van der Waals surface area contributed by atoms with Crippen LogP contribution >= 0.6 is 0 Å². The first-order valence-corrected chi connectivity index (χ1v) is 7.88. The molecule has 1 aromatic carbocycles. The van der Waals surface area contributed by atoms with Crippen molar-refractivity contribution in [2.45, 2.75) is 12.8 Å². The second-order valence-corrected chi connectivity index (χ2v) is 6.47. The van der Waals surface area contributed by atoms with E-state index >= 15 is 0 Å². The maximum absolute atomic E-state index is 12.1. The monoisotopic (exact) mass is 297 g/mol. The molecule has 22 heavy (non-hydrogen) atoms. The van der Waals surface area contributed by atoms with Crippen molar-refractivity contribution in [3.63, 3.8) is 0 Å². The van der Waals surface area contributed by atoms with Gasteiger partial charge in [-0.2, -0.15) is 0 Å². The average Bonchev–Trinajstić information content (AvgIpc) is 2.95. The first-order chi connectivity index (χ1) is 10.6. The molecule has 1 saturated heterocycles. The molecule has 0 bridgehead atoms. The Morgan fingerprint density at radius 1 is 1.36 bits per heavy atom. The molecule has 1 aliphatic rings. The third kappa shape index (κ3) is 3.45. The number of likely N-dealkylation sites (tertiary alicyclic amines) is 1. The number of pyridine rings is 1. The van der Waals surface area contributed by atoms with Crippen LogP contribution in [0.25, 0.3) is 10.9 Å². The van der Waals surface area contributed by atoms with Crippen molar-refractivity contribution in [2.75, 3.05) is 33.7 Å². The maximum atomic E-state index is 12.1. The molecule has 0 N–H and O–H groups in total. The molecular weight excluding hydrogens is 274 g/mol. The van der Waals surface area contributed by atoms with Crippen LogP contribution in [0.4, 0.5) is 0 Å². The van der Waals surface area contributed by atoms with E-state index in [1.807, 2.05) is 36.2 Å². The van der Waals surface area contributed by atoms with E-state index in [9.17, 15) is 4.79 Å². The van der Waals surface area contributed by atoms with Gasteiger partial charge in [0.1, 0.15) is 0 Å². The van der Waals surface area contributed by atoms with Crippen molar-refractivity contribution in [3.05, 3.63) is 42.1 Å². The smallest absolute Gasteiger partial charge is 0.236 e. The van der Waals surface area contributed by atoms with Crippen LogP contribution in [0.1, 0.15) is 12.0 Å². The minimum absolute atomic E-state index is 0.246. The summed E-state index contributed by atoms with van der Waals surface area (Å²) in [5, 5.41) is 1.19. The summed E-state index contributed by atoms with van der Waals surface area (Å²) in [6.07, 6.45) is 3.97. The highest BCUT2D eigenvalue weighted by atomic mass is 16.2. The highest BCUT2D eigenvalue weighted by Crippen LogP contribution is 2.23. The minimum Gasteiger partial charge on any atom is -0.341 e.